The third-order valence-corrected chi connectivity index (χ3v) is 7.00. The van der Waals surface area contributed by atoms with Crippen LogP contribution in [-0.2, 0) is 28.4 Å². The third-order valence-electron chi connectivity index (χ3n) is 5.78. The summed E-state index contributed by atoms with van der Waals surface area (Å²) in [7, 11) is -4.62. The minimum Gasteiger partial charge on any atom is -0.475 e. The summed E-state index contributed by atoms with van der Waals surface area (Å²) in [5.41, 5.74) is 2.23. The summed E-state index contributed by atoms with van der Waals surface area (Å²) in [5, 5.41) is 2.97. The van der Waals surface area contributed by atoms with Gasteiger partial charge >= 0.3 is 6.09 Å². The van der Waals surface area contributed by atoms with Gasteiger partial charge in [0.05, 0.1) is 11.7 Å². The van der Waals surface area contributed by atoms with Gasteiger partial charge in [0.2, 0.25) is 10.9 Å². The van der Waals surface area contributed by atoms with Gasteiger partial charge in [-0.2, -0.15) is 13.5 Å². The Hall–Kier alpha value is -3.47. The van der Waals surface area contributed by atoms with Crippen molar-refractivity contribution in [1.29, 1.82) is 0 Å². The van der Waals surface area contributed by atoms with Crippen molar-refractivity contribution in [2.75, 3.05) is 6.61 Å². The molecule has 0 radical (unpaired) electrons. The Bertz CT molecular complexity index is 1380. The molecule has 0 fully saturated rings. The molecular weight excluding hydrogens is 451 g/mol. The number of nitrogens with zero attached hydrogens (tertiary/aromatic N) is 3. The van der Waals surface area contributed by atoms with Gasteiger partial charge in [0.15, 0.2) is 5.82 Å². The molecule has 1 N–H and O–H groups in total. The number of ether oxygens (including phenoxy) is 2. The fraction of sp³-hybridized carbons (Fsp3) is 0.318. The normalized spacial score (nSPS) is 18.6. The second-order valence-electron chi connectivity index (χ2n) is 8.64. The van der Waals surface area contributed by atoms with Crippen LogP contribution >= 0.6 is 0 Å². The predicted octanol–water partition coefficient (Wildman–Crippen LogP) is 3.18. The molecule has 1 aliphatic heterocycles. The summed E-state index contributed by atoms with van der Waals surface area (Å²) < 4.78 is 54.3. The van der Waals surface area contributed by atoms with Gasteiger partial charge in [-0.05, 0) is 55.9 Å². The highest BCUT2D eigenvalue weighted by molar-refractivity contribution is 7.90. The van der Waals surface area contributed by atoms with E-state index in [0.29, 0.717) is 23.4 Å². The molecule has 1 aliphatic carbocycles. The van der Waals surface area contributed by atoms with Gasteiger partial charge in [-0.3, -0.25) is 4.68 Å². The number of aromatic nitrogens is 3. The van der Waals surface area contributed by atoms with E-state index in [1.54, 1.807) is 36.9 Å². The molecule has 9 nitrogen and oxygen atoms in total. The van der Waals surface area contributed by atoms with Crippen molar-refractivity contribution in [3.63, 3.8) is 0 Å². The lowest BCUT2D eigenvalue weighted by Crippen LogP contribution is -2.36. The highest BCUT2D eigenvalue weighted by Gasteiger charge is 2.32. The second kappa shape index (κ2) is 7.55. The number of carbonyl (C=O) groups excluding carboxylic acids is 1. The molecule has 3 aromatic rings. The lowest BCUT2D eigenvalue weighted by Gasteiger charge is -2.25. The van der Waals surface area contributed by atoms with Crippen LogP contribution < -0.4 is 14.2 Å². The molecular formula is C22H21FN4O5S. The molecule has 1 amide bonds. The summed E-state index contributed by atoms with van der Waals surface area (Å²) in [6.45, 7) is 3.44. The maximum atomic E-state index is 14.6. The zero-order valence-electron chi connectivity index (χ0n) is 18.0. The van der Waals surface area contributed by atoms with Crippen LogP contribution in [0, 0.1) is 5.82 Å². The molecule has 0 saturated heterocycles. The van der Waals surface area contributed by atoms with Gasteiger partial charge in [0.25, 0.3) is 10.0 Å². The summed E-state index contributed by atoms with van der Waals surface area (Å²) in [6.07, 6.45) is 3.67. The number of carbonyl (C=O) groups is 1. The maximum absolute atomic E-state index is 14.6. The number of halogens is 1. The second-order valence-corrected chi connectivity index (χ2v) is 10.2. The molecule has 2 aromatic heterocycles. The summed E-state index contributed by atoms with van der Waals surface area (Å²) in [6, 6.07) is 7.26. The van der Waals surface area contributed by atoms with Gasteiger partial charge in [0.1, 0.15) is 12.4 Å². The summed E-state index contributed by atoms with van der Waals surface area (Å²) in [5.74, 6) is -0.528. The van der Waals surface area contributed by atoms with E-state index in [1.165, 1.54) is 0 Å². The van der Waals surface area contributed by atoms with Crippen molar-refractivity contribution in [1.82, 2.24) is 19.5 Å². The van der Waals surface area contributed by atoms with Gasteiger partial charge < -0.3 is 9.47 Å². The van der Waals surface area contributed by atoms with Crippen molar-refractivity contribution < 1.29 is 27.1 Å². The van der Waals surface area contributed by atoms with Gasteiger partial charge in [0, 0.05) is 17.8 Å². The molecule has 0 spiro atoms. The Morgan fingerprint density at radius 2 is 2.03 bits per heavy atom. The predicted molar refractivity (Wildman–Crippen MR) is 115 cm³/mol. The lowest BCUT2D eigenvalue weighted by atomic mass is 9.99. The van der Waals surface area contributed by atoms with E-state index in [-0.39, 0.29) is 12.4 Å². The van der Waals surface area contributed by atoms with Crippen molar-refractivity contribution >= 4 is 16.1 Å². The average molecular weight is 472 g/mol. The molecule has 0 atom stereocenters. The highest BCUT2D eigenvalue weighted by atomic mass is 32.2. The van der Waals surface area contributed by atoms with Crippen LogP contribution in [0.5, 0.6) is 11.6 Å². The van der Waals surface area contributed by atoms with Crippen molar-refractivity contribution in [3.05, 3.63) is 53.6 Å². The van der Waals surface area contributed by atoms with E-state index in [9.17, 15) is 17.6 Å². The van der Waals surface area contributed by atoms with Gasteiger partial charge in [-0.1, -0.05) is 12.1 Å². The smallest absolute Gasteiger partial charge is 0.426 e. The molecule has 0 saturated carbocycles. The van der Waals surface area contributed by atoms with Crippen LogP contribution in [0.4, 0.5) is 9.18 Å². The number of sulfonamides is 1. The number of fused-ring (bicyclic) bond motifs is 8. The number of pyridine rings is 1. The maximum Gasteiger partial charge on any atom is 0.426 e. The number of amides is 1. The molecule has 1 aromatic carbocycles. The molecule has 11 heteroatoms. The number of benzene rings is 1. The molecule has 0 unspecified atom stereocenters. The number of aryl methyl sites for hydroxylation is 1. The molecule has 3 heterocycles. The Morgan fingerprint density at radius 3 is 2.85 bits per heavy atom. The standard InChI is InChI=1S/C22H21FN4O5S/c1-22(2)12-31-18-10-14(8-9-24-18)16-7-6-13-4-3-5-15(13)19(16)32-21(28)26-33(29,30)20-17(23)11-27(22)25-20/h6-11H,3-5,12H2,1-2H3,(H,26,28). The first-order chi connectivity index (χ1) is 15.6. The van der Waals surface area contributed by atoms with E-state index >= 15 is 0 Å². The molecule has 172 valence electrons. The minimum atomic E-state index is -4.62. The quantitative estimate of drug-likeness (QED) is 0.535. The largest absolute Gasteiger partial charge is 0.475 e. The van der Waals surface area contributed by atoms with E-state index in [1.807, 2.05) is 12.1 Å². The Morgan fingerprint density at radius 1 is 1.21 bits per heavy atom. The van der Waals surface area contributed by atoms with Crippen LogP contribution in [0.2, 0.25) is 0 Å². The average Bonchev–Trinajstić information content (AvgIpc) is 3.39. The SMILES string of the molecule is CC1(C)COc2cc(ccn2)-c2ccc3c(c2OC(=O)NS(=O)(=O)c2nn1cc2F)CCC3. The lowest BCUT2D eigenvalue weighted by molar-refractivity contribution is 0.164. The zero-order valence-corrected chi connectivity index (χ0v) is 18.8. The topological polar surface area (TPSA) is 112 Å². The van der Waals surface area contributed by atoms with E-state index in [0.717, 1.165) is 34.8 Å². The van der Waals surface area contributed by atoms with Gasteiger partial charge in [-0.25, -0.2) is 18.9 Å². The molecule has 2 aliphatic rings. The number of hydrogen-bond donors (Lipinski definition) is 1. The van der Waals surface area contributed by atoms with Crippen LogP contribution in [0.3, 0.4) is 0 Å². The van der Waals surface area contributed by atoms with E-state index < -0.39 is 32.5 Å². The Labute approximate surface area is 189 Å². The monoisotopic (exact) mass is 472 g/mol. The molecule has 4 bridgehead atoms. The summed E-state index contributed by atoms with van der Waals surface area (Å²) in [4.78, 5) is 16.9. The first kappa shape index (κ1) is 21.4. The fourth-order valence-corrected chi connectivity index (χ4v) is 4.91. The van der Waals surface area contributed by atoms with Gasteiger partial charge in [-0.15, -0.1) is 0 Å². The van der Waals surface area contributed by atoms with E-state index in [4.69, 9.17) is 9.47 Å². The minimum absolute atomic E-state index is 0.0317. The van der Waals surface area contributed by atoms with Crippen molar-refractivity contribution in [2.24, 2.45) is 0 Å². The highest BCUT2D eigenvalue weighted by Crippen LogP contribution is 2.40. The Balaban J connectivity index is 1.68. The van der Waals surface area contributed by atoms with Crippen molar-refractivity contribution in [2.45, 2.75) is 43.7 Å². The van der Waals surface area contributed by atoms with Crippen LogP contribution in [0.25, 0.3) is 11.1 Å². The third kappa shape index (κ3) is 3.82. The summed E-state index contributed by atoms with van der Waals surface area (Å²) >= 11 is 0. The molecule has 33 heavy (non-hydrogen) atoms. The molecule has 5 rings (SSSR count). The first-order valence-electron chi connectivity index (χ1n) is 10.4. The number of hydrogen-bond acceptors (Lipinski definition) is 7. The number of rotatable bonds is 0. The first-order valence-corrected chi connectivity index (χ1v) is 11.9. The van der Waals surface area contributed by atoms with Crippen molar-refractivity contribution in [3.8, 4) is 22.8 Å². The van der Waals surface area contributed by atoms with Crippen LogP contribution in [0.15, 0.2) is 41.7 Å². The fourth-order valence-electron chi connectivity index (χ4n) is 4.05. The van der Waals surface area contributed by atoms with Crippen LogP contribution in [0.1, 0.15) is 31.4 Å². The zero-order chi connectivity index (χ0) is 23.4. The van der Waals surface area contributed by atoms with Crippen LogP contribution in [-0.4, -0.2) is 35.9 Å². The number of nitrogens with one attached hydrogen (secondary N) is 1. The Kier molecular flexibility index (Phi) is 4.89. The van der Waals surface area contributed by atoms with E-state index in [2.05, 4.69) is 10.1 Å².